The summed E-state index contributed by atoms with van der Waals surface area (Å²) >= 11 is 5.93. The first-order valence-corrected chi connectivity index (χ1v) is 6.62. The molecule has 20 heavy (non-hydrogen) atoms. The van der Waals surface area contributed by atoms with E-state index in [4.69, 9.17) is 11.6 Å². The van der Waals surface area contributed by atoms with Crippen LogP contribution >= 0.6 is 11.6 Å². The third-order valence-electron chi connectivity index (χ3n) is 3.09. The fraction of sp³-hybridized carbons (Fsp3) is 0.214. The van der Waals surface area contributed by atoms with Crippen LogP contribution in [0.2, 0.25) is 5.02 Å². The van der Waals surface area contributed by atoms with Crippen molar-refractivity contribution in [2.75, 3.05) is 0 Å². The van der Waals surface area contributed by atoms with E-state index in [0.717, 1.165) is 12.8 Å². The highest BCUT2D eigenvalue weighted by molar-refractivity contribution is 6.30. The lowest BCUT2D eigenvalue weighted by Gasteiger charge is -2.04. The van der Waals surface area contributed by atoms with E-state index in [0.29, 0.717) is 16.3 Å². The number of nitrogens with one attached hydrogen (secondary N) is 1. The van der Waals surface area contributed by atoms with E-state index in [1.54, 1.807) is 24.3 Å². The van der Waals surface area contributed by atoms with E-state index in [1.165, 1.54) is 10.9 Å². The number of carbonyl (C=O) groups excluding carboxylic acids is 1. The number of amides is 1. The van der Waals surface area contributed by atoms with Crippen molar-refractivity contribution in [3.05, 3.63) is 46.7 Å². The van der Waals surface area contributed by atoms with Gasteiger partial charge in [0.2, 0.25) is 0 Å². The Morgan fingerprint density at radius 2 is 2.30 bits per heavy atom. The predicted octanol–water partition coefficient (Wildman–Crippen LogP) is 2.29. The van der Waals surface area contributed by atoms with Crippen molar-refractivity contribution in [1.29, 1.82) is 5.26 Å². The number of aromatic nitrogens is 2. The molecule has 1 saturated carbocycles. The Balaban J connectivity index is 1.98. The number of nitrogens with zero attached hydrogens (tertiary/aromatic N) is 3. The van der Waals surface area contributed by atoms with Crippen molar-refractivity contribution in [2.45, 2.75) is 18.9 Å². The maximum Gasteiger partial charge on any atom is 0.256 e. The molecule has 0 radical (unpaired) electrons. The Labute approximate surface area is 120 Å². The van der Waals surface area contributed by atoms with Crippen molar-refractivity contribution in [1.82, 2.24) is 15.1 Å². The molecule has 5 nitrogen and oxygen atoms in total. The van der Waals surface area contributed by atoms with Gasteiger partial charge in [-0.3, -0.25) is 4.79 Å². The van der Waals surface area contributed by atoms with E-state index >= 15 is 0 Å². The molecule has 1 heterocycles. The highest BCUT2D eigenvalue weighted by atomic mass is 35.5. The van der Waals surface area contributed by atoms with Crippen LogP contribution in [-0.4, -0.2) is 21.7 Å². The zero-order valence-corrected chi connectivity index (χ0v) is 11.3. The summed E-state index contributed by atoms with van der Waals surface area (Å²) in [5.41, 5.74) is 1.16. The van der Waals surface area contributed by atoms with Gasteiger partial charge in [0.05, 0.1) is 17.4 Å². The largest absolute Gasteiger partial charge is 0.349 e. The van der Waals surface area contributed by atoms with Crippen molar-refractivity contribution < 1.29 is 4.79 Å². The number of benzene rings is 1. The summed E-state index contributed by atoms with van der Waals surface area (Å²) in [6.07, 6.45) is 3.41. The fourth-order valence-corrected chi connectivity index (χ4v) is 2.10. The van der Waals surface area contributed by atoms with Crippen LogP contribution in [0.3, 0.4) is 0 Å². The topological polar surface area (TPSA) is 70.7 Å². The smallest absolute Gasteiger partial charge is 0.256 e. The summed E-state index contributed by atoms with van der Waals surface area (Å²) in [7, 11) is 0. The normalized spacial score (nSPS) is 13.8. The summed E-state index contributed by atoms with van der Waals surface area (Å²) in [4.78, 5) is 12.0. The molecule has 1 aliphatic rings. The minimum absolute atomic E-state index is 0.213. The zero-order chi connectivity index (χ0) is 14.1. The Kier molecular flexibility index (Phi) is 3.17. The molecule has 1 N–H and O–H groups in total. The van der Waals surface area contributed by atoms with Crippen molar-refractivity contribution >= 4 is 17.5 Å². The van der Waals surface area contributed by atoms with Gasteiger partial charge in [-0.15, -0.1) is 0 Å². The van der Waals surface area contributed by atoms with Gasteiger partial charge in [-0.2, -0.15) is 10.4 Å². The van der Waals surface area contributed by atoms with E-state index in [-0.39, 0.29) is 17.6 Å². The molecule has 0 unspecified atom stereocenters. The third-order valence-corrected chi connectivity index (χ3v) is 3.32. The number of halogens is 1. The van der Waals surface area contributed by atoms with Crippen molar-refractivity contribution in [3.63, 3.8) is 0 Å². The number of hydrogen-bond donors (Lipinski definition) is 1. The molecule has 2 aromatic rings. The van der Waals surface area contributed by atoms with Gasteiger partial charge in [0.25, 0.3) is 5.91 Å². The number of rotatable bonds is 3. The van der Waals surface area contributed by atoms with Crippen LogP contribution in [0, 0.1) is 11.3 Å². The van der Waals surface area contributed by atoms with Crippen molar-refractivity contribution in [2.24, 2.45) is 0 Å². The Hall–Kier alpha value is -2.32. The molecule has 6 heteroatoms. The lowest BCUT2D eigenvalue weighted by Crippen LogP contribution is -2.25. The quantitative estimate of drug-likeness (QED) is 0.941. The van der Waals surface area contributed by atoms with Gasteiger partial charge in [-0.25, -0.2) is 4.68 Å². The van der Waals surface area contributed by atoms with Gasteiger partial charge in [0.15, 0.2) is 5.69 Å². The van der Waals surface area contributed by atoms with Crippen LogP contribution in [-0.2, 0) is 0 Å². The molecule has 0 atom stereocenters. The second kappa shape index (κ2) is 4.99. The zero-order valence-electron chi connectivity index (χ0n) is 10.5. The van der Waals surface area contributed by atoms with Crippen LogP contribution in [0.5, 0.6) is 0 Å². The second-order valence-corrected chi connectivity index (χ2v) is 5.09. The van der Waals surface area contributed by atoms with E-state index in [2.05, 4.69) is 10.4 Å². The van der Waals surface area contributed by atoms with Gasteiger partial charge in [-0.05, 0) is 31.0 Å². The molecule has 1 amide bonds. The molecule has 0 saturated heterocycles. The molecule has 100 valence electrons. The molecular formula is C14H11ClN4O. The average molecular weight is 287 g/mol. The summed E-state index contributed by atoms with van der Waals surface area (Å²) in [5, 5.41) is 16.8. The van der Waals surface area contributed by atoms with Gasteiger partial charge in [0, 0.05) is 11.1 Å². The molecule has 1 aromatic heterocycles. The summed E-state index contributed by atoms with van der Waals surface area (Å²) in [6, 6.07) is 9.25. The monoisotopic (exact) mass is 286 g/mol. The standard InChI is InChI=1S/C14H11ClN4O/c15-9-2-1-3-11(6-9)19-13(7-16)12(8-17-19)14(20)18-10-4-5-10/h1-3,6,8,10H,4-5H2,(H,18,20). The average Bonchev–Trinajstić information content (AvgIpc) is 3.14. The molecular weight excluding hydrogens is 276 g/mol. The minimum atomic E-state index is -0.252. The maximum atomic E-state index is 12.0. The number of hydrogen-bond acceptors (Lipinski definition) is 3. The highest BCUT2D eigenvalue weighted by Gasteiger charge is 2.26. The van der Waals surface area contributed by atoms with E-state index < -0.39 is 0 Å². The lowest BCUT2D eigenvalue weighted by atomic mass is 10.2. The molecule has 0 aliphatic heterocycles. The predicted molar refractivity (Wildman–Crippen MR) is 73.8 cm³/mol. The van der Waals surface area contributed by atoms with Gasteiger partial charge >= 0.3 is 0 Å². The van der Waals surface area contributed by atoms with Crippen molar-refractivity contribution in [3.8, 4) is 11.8 Å². The summed E-state index contributed by atoms with van der Waals surface area (Å²) in [5.74, 6) is -0.252. The number of nitriles is 1. The van der Waals surface area contributed by atoms with Crippen LogP contribution < -0.4 is 5.32 Å². The Bertz CT molecular complexity index is 712. The van der Waals surface area contributed by atoms with Crippen LogP contribution in [0.1, 0.15) is 28.9 Å². The Morgan fingerprint density at radius 3 is 2.95 bits per heavy atom. The minimum Gasteiger partial charge on any atom is -0.349 e. The summed E-state index contributed by atoms with van der Waals surface area (Å²) in [6.45, 7) is 0. The maximum absolute atomic E-state index is 12.0. The molecule has 0 bridgehead atoms. The summed E-state index contributed by atoms with van der Waals surface area (Å²) < 4.78 is 1.42. The third kappa shape index (κ3) is 2.38. The van der Waals surface area contributed by atoms with Crippen LogP contribution in [0.15, 0.2) is 30.5 Å². The van der Waals surface area contributed by atoms with Gasteiger partial charge < -0.3 is 5.32 Å². The fourth-order valence-electron chi connectivity index (χ4n) is 1.92. The lowest BCUT2D eigenvalue weighted by molar-refractivity contribution is 0.0951. The Morgan fingerprint density at radius 1 is 1.50 bits per heavy atom. The highest BCUT2D eigenvalue weighted by Crippen LogP contribution is 2.21. The molecule has 1 aromatic carbocycles. The van der Waals surface area contributed by atoms with Crippen LogP contribution in [0.4, 0.5) is 0 Å². The first kappa shape index (κ1) is 12.7. The SMILES string of the molecule is N#Cc1c(C(=O)NC2CC2)cnn1-c1cccc(Cl)c1. The second-order valence-electron chi connectivity index (χ2n) is 4.66. The van der Waals surface area contributed by atoms with E-state index in [1.807, 2.05) is 6.07 Å². The molecule has 1 aliphatic carbocycles. The van der Waals surface area contributed by atoms with Gasteiger partial charge in [-0.1, -0.05) is 17.7 Å². The number of carbonyl (C=O) groups is 1. The first-order valence-electron chi connectivity index (χ1n) is 6.24. The molecule has 0 spiro atoms. The van der Waals surface area contributed by atoms with E-state index in [9.17, 15) is 10.1 Å². The molecule has 3 rings (SSSR count). The molecule has 1 fully saturated rings. The van der Waals surface area contributed by atoms with Crippen LogP contribution in [0.25, 0.3) is 5.69 Å². The first-order chi connectivity index (χ1) is 9.69. The van der Waals surface area contributed by atoms with Gasteiger partial charge in [0.1, 0.15) is 6.07 Å².